The largest absolute Gasteiger partial charge is 0.365 e. The SMILES string of the molecule is OC1(O)OCCOC1(O)O. The lowest BCUT2D eigenvalue weighted by molar-refractivity contribution is -0.551. The summed E-state index contributed by atoms with van der Waals surface area (Å²) in [5, 5.41) is 34.4. The molecule has 4 N–H and O–H groups in total. The second kappa shape index (κ2) is 2.12. The molecular formula is C4H8O6. The van der Waals surface area contributed by atoms with E-state index in [0.29, 0.717) is 0 Å². The molecule has 1 aliphatic heterocycles. The van der Waals surface area contributed by atoms with E-state index in [0.717, 1.165) is 0 Å². The normalized spacial score (nSPS) is 30.0. The summed E-state index contributed by atoms with van der Waals surface area (Å²) in [5.74, 6) is -6.07. The van der Waals surface area contributed by atoms with Crippen LogP contribution in [0.25, 0.3) is 0 Å². The van der Waals surface area contributed by atoms with Crippen LogP contribution in [-0.2, 0) is 9.47 Å². The Morgan fingerprint density at radius 1 is 0.800 bits per heavy atom. The second-order valence-electron chi connectivity index (χ2n) is 1.91. The molecule has 1 heterocycles. The average Bonchev–Trinajstić information content (AvgIpc) is 1.77. The van der Waals surface area contributed by atoms with Crippen LogP contribution < -0.4 is 0 Å². The van der Waals surface area contributed by atoms with Crippen molar-refractivity contribution < 1.29 is 29.9 Å². The third-order valence-corrected chi connectivity index (χ3v) is 1.11. The van der Waals surface area contributed by atoms with Crippen LogP contribution in [0.15, 0.2) is 0 Å². The summed E-state index contributed by atoms with van der Waals surface area (Å²) in [6, 6.07) is 0. The van der Waals surface area contributed by atoms with Crippen molar-refractivity contribution in [2.24, 2.45) is 0 Å². The van der Waals surface area contributed by atoms with Crippen molar-refractivity contribution >= 4 is 0 Å². The van der Waals surface area contributed by atoms with Gasteiger partial charge in [-0.25, -0.2) is 0 Å². The third kappa shape index (κ3) is 1.12. The molecule has 1 aliphatic rings. The van der Waals surface area contributed by atoms with Crippen LogP contribution in [0.1, 0.15) is 0 Å². The summed E-state index contributed by atoms with van der Waals surface area (Å²) < 4.78 is 8.33. The fourth-order valence-corrected chi connectivity index (χ4v) is 0.556. The van der Waals surface area contributed by atoms with E-state index in [9.17, 15) is 0 Å². The van der Waals surface area contributed by atoms with Crippen LogP contribution in [0.3, 0.4) is 0 Å². The fourth-order valence-electron chi connectivity index (χ4n) is 0.556. The van der Waals surface area contributed by atoms with Gasteiger partial charge in [-0.3, -0.25) is 0 Å². The summed E-state index contributed by atoms with van der Waals surface area (Å²) in [4.78, 5) is 0. The van der Waals surface area contributed by atoms with Crippen LogP contribution >= 0.6 is 0 Å². The first kappa shape index (κ1) is 7.86. The molecule has 0 aromatic carbocycles. The summed E-state index contributed by atoms with van der Waals surface area (Å²) in [6.45, 7) is -0.203. The van der Waals surface area contributed by atoms with Crippen LogP contribution in [0, 0.1) is 0 Å². The van der Waals surface area contributed by atoms with Crippen LogP contribution in [0.2, 0.25) is 0 Å². The number of rotatable bonds is 0. The molecule has 0 spiro atoms. The Hall–Kier alpha value is -0.240. The van der Waals surface area contributed by atoms with Gasteiger partial charge >= 0.3 is 11.9 Å². The highest BCUT2D eigenvalue weighted by Gasteiger charge is 2.53. The van der Waals surface area contributed by atoms with Crippen LogP contribution in [0.5, 0.6) is 0 Å². The quantitative estimate of drug-likeness (QED) is 0.282. The highest BCUT2D eigenvalue weighted by molar-refractivity contribution is 4.66. The van der Waals surface area contributed by atoms with Gasteiger partial charge in [0.05, 0.1) is 13.2 Å². The van der Waals surface area contributed by atoms with Crippen molar-refractivity contribution in [3.63, 3.8) is 0 Å². The maximum atomic E-state index is 8.61. The highest BCUT2D eigenvalue weighted by Crippen LogP contribution is 2.23. The van der Waals surface area contributed by atoms with Gasteiger partial charge in [0.25, 0.3) is 0 Å². The molecule has 0 aromatic heterocycles. The minimum atomic E-state index is -3.04. The second-order valence-corrected chi connectivity index (χ2v) is 1.91. The predicted molar refractivity (Wildman–Crippen MR) is 26.2 cm³/mol. The number of hydrogen-bond acceptors (Lipinski definition) is 6. The molecule has 0 atom stereocenters. The maximum absolute atomic E-state index is 8.61. The molecule has 10 heavy (non-hydrogen) atoms. The summed E-state index contributed by atoms with van der Waals surface area (Å²) in [6.07, 6.45) is 0. The molecule has 0 aromatic rings. The Labute approximate surface area is 56.2 Å². The first-order valence-corrected chi connectivity index (χ1v) is 2.63. The molecule has 1 fully saturated rings. The number of ether oxygens (including phenoxy) is 2. The molecule has 0 amide bonds. The first-order chi connectivity index (χ1) is 4.46. The zero-order valence-electron chi connectivity index (χ0n) is 5.02. The van der Waals surface area contributed by atoms with Crippen molar-refractivity contribution in [2.45, 2.75) is 11.9 Å². The van der Waals surface area contributed by atoms with Gasteiger partial charge in [0.2, 0.25) is 0 Å². The van der Waals surface area contributed by atoms with E-state index in [4.69, 9.17) is 20.4 Å². The minimum absolute atomic E-state index is 0.101. The Morgan fingerprint density at radius 3 is 1.30 bits per heavy atom. The van der Waals surface area contributed by atoms with Gasteiger partial charge < -0.3 is 29.9 Å². The van der Waals surface area contributed by atoms with Crippen LogP contribution in [-0.4, -0.2) is 45.6 Å². The molecule has 1 saturated heterocycles. The molecule has 0 radical (unpaired) electrons. The van der Waals surface area contributed by atoms with Gasteiger partial charge in [-0.05, 0) is 0 Å². The average molecular weight is 152 g/mol. The van der Waals surface area contributed by atoms with Crippen molar-refractivity contribution in [3.8, 4) is 0 Å². The zero-order valence-corrected chi connectivity index (χ0v) is 5.02. The molecular weight excluding hydrogens is 144 g/mol. The number of hydrogen-bond donors (Lipinski definition) is 4. The minimum Gasteiger partial charge on any atom is -0.337 e. The van der Waals surface area contributed by atoms with E-state index in [1.807, 2.05) is 0 Å². The zero-order chi connectivity index (χ0) is 7.83. The van der Waals surface area contributed by atoms with E-state index < -0.39 is 11.9 Å². The van der Waals surface area contributed by atoms with Gasteiger partial charge in [-0.1, -0.05) is 0 Å². The van der Waals surface area contributed by atoms with Crippen LogP contribution in [0.4, 0.5) is 0 Å². The molecule has 0 unspecified atom stereocenters. The molecule has 0 saturated carbocycles. The standard InChI is InChI=1S/C4H8O6/c5-3(6)4(7,8)10-2-1-9-3/h5-8H,1-2H2. The van der Waals surface area contributed by atoms with Gasteiger partial charge in [0, 0.05) is 0 Å². The van der Waals surface area contributed by atoms with Crippen molar-refractivity contribution in [1.29, 1.82) is 0 Å². The summed E-state index contributed by atoms with van der Waals surface area (Å²) in [7, 11) is 0. The van der Waals surface area contributed by atoms with Gasteiger partial charge in [0.1, 0.15) is 0 Å². The maximum Gasteiger partial charge on any atom is 0.365 e. The van der Waals surface area contributed by atoms with Crippen molar-refractivity contribution in [3.05, 3.63) is 0 Å². The Kier molecular flexibility index (Phi) is 1.67. The van der Waals surface area contributed by atoms with Gasteiger partial charge in [0.15, 0.2) is 0 Å². The number of aliphatic hydroxyl groups is 4. The topological polar surface area (TPSA) is 99.4 Å². The smallest absolute Gasteiger partial charge is 0.337 e. The lowest BCUT2D eigenvalue weighted by Crippen LogP contribution is -2.61. The molecule has 6 heteroatoms. The van der Waals surface area contributed by atoms with E-state index in [-0.39, 0.29) is 13.2 Å². The lowest BCUT2D eigenvalue weighted by atomic mass is 10.4. The van der Waals surface area contributed by atoms with Crippen molar-refractivity contribution in [1.82, 2.24) is 0 Å². The van der Waals surface area contributed by atoms with E-state index in [1.54, 1.807) is 0 Å². The summed E-state index contributed by atoms with van der Waals surface area (Å²) in [5.41, 5.74) is 0. The first-order valence-electron chi connectivity index (χ1n) is 2.63. The Balaban J connectivity index is 2.70. The Bertz CT molecular complexity index is 114. The van der Waals surface area contributed by atoms with Gasteiger partial charge in [-0.2, -0.15) is 0 Å². The van der Waals surface area contributed by atoms with E-state index in [2.05, 4.69) is 9.47 Å². The lowest BCUT2D eigenvalue weighted by Gasteiger charge is -2.36. The predicted octanol–water partition coefficient (Wildman–Crippen LogP) is -2.69. The third-order valence-electron chi connectivity index (χ3n) is 1.11. The van der Waals surface area contributed by atoms with Crippen molar-refractivity contribution in [2.75, 3.05) is 13.2 Å². The molecule has 60 valence electrons. The monoisotopic (exact) mass is 152 g/mol. The fraction of sp³-hybridized carbons (Fsp3) is 1.00. The molecule has 0 aliphatic carbocycles. The van der Waals surface area contributed by atoms with E-state index in [1.165, 1.54) is 0 Å². The molecule has 6 nitrogen and oxygen atoms in total. The highest BCUT2D eigenvalue weighted by atomic mass is 16.9. The molecule has 1 rings (SSSR count). The van der Waals surface area contributed by atoms with E-state index >= 15 is 0 Å². The Morgan fingerprint density at radius 2 is 1.10 bits per heavy atom. The van der Waals surface area contributed by atoms with Gasteiger partial charge in [-0.15, -0.1) is 0 Å². The molecule has 0 bridgehead atoms. The summed E-state index contributed by atoms with van der Waals surface area (Å²) >= 11 is 0.